The van der Waals surface area contributed by atoms with Gasteiger partial charge in [0.2, 0.25) is 0 Å². The highest BCUT2D eigenvalue weighted by molar-refractivity contribution is 5.69. The Kier molecular flexibility index (Phi) is 13.2. The number of carboxylic acid groups (broad SMARTS) is 3. The summed E-state index contributed by atoms with van der Waals surface area (Å²) < 4.78 is 0. The molecule has 0 radical (unpaired) electrons. The molecule has 36 heavy (non-hydrogen) atoms. The van der Waals surface area contributed by atoms with Crippen molar-refractivity contribution in [1.82, 2.24) is 19.6 Å². The summed E-state index contributed by atoms with van der Waals surface area (Å²) in [5, 5.41) is 27.9. The molecule has 1 aliphatic rings. The van der Waals surface area contributed by atoms with Gasteiger partial charge in [0.1, 0.15) is 0 Å². The fourth-order valence-corrected chi connectivity index (χ4v) is 4.61. The number of hydrogen-bond acceptors (Lipinski definition) is 8. The lowest BCUT2D eigenvalue weighted by Crippen LogP contribution is -2.39. The van der Waals surface area contributed by atoms with Gasteiger partial charge in [0.25, 0.3) is 0 Å². The van der Waals surface area contributed by atoms with Crippen molar-refractivity contribution in [1.29, 1.82) is 0 Å². The Morgan fingerprint density at radius 3 is 1.19 bits per heavy atom. The molecular weight excluding hydrogens is 466 g/mol. The maximum absolute atomic E-state index is 11.4. The van der Waals surface area contributed by atoms with E-state index in [1.165, 1.54) is 0 Å². The largest absolute Gasteiger partial charge is 0.480 e. The molecule has 0 bridgehead atoms. The molecule has 11 heteroatoms. The van der Waals surface area contributed by atoms with Crippen LogP contribution in [0, 0.1) is 0 Å². The van der Waals surface area contributed by atoms with Gasteiger partial charge in [-0.2, -0.15) is 0 Å². The minimum Gasteiger partial charge on any atom is -0.480 e. The molecule has 0 saturated carbocycles. The normalized spacial score (nSPS) is 19.1. The van der Waals surface area contributed by atoms with Crippen molar-refractivity contribution in [3.8, 4) is 0 Å². The first-order valence-corrected chi connectivity index (χ1v) is 12.6. The van der Waals surface area contributed by atoms with E-state index in [9.17, 15) is 29.7 Å². The second-order valence-electron chi connectivity index (χ2n) is 9.44. The minimum atomic E-state index is -0.907. The van der Waals surface area contributed by atoms with E-state index >= 15 is 0 Å². The minimum absolute atomic E-state index is 0.0406. The van der Waals surface area contributed by atoms with Crippen molar-refractivity contribution in [3.05, 3.63) is 29.8 Å². The SMILES string of the molecule is Nc1ccc(CN2CCCN(CC(=O)O)CCCN(CC(=O)O)CCCN(CC(=O)O)CCC2)cc1. The number of carbonyl (C=O) groups is 3. The van der Waals surface area contributed by atoms with Gasteiger partial charge in [-0.3, -0.25) is 34.0 Å². The van der Waals surface area contributed by atoms with Crippen molar-refractivity contribution in [2.24, 2.45) is 0 Å². The van der Waals surface area contributed by atoms with Crippen molar-refractivity contribution in [2.75, 3.05) is 77.7 Å². The van der Waals surface area contributed by atoms with Crippen LogP contribution in [-0.4, -0.2) is 125 Å². The highest BCUT2D eigenvalue weighted by atomic mass is 16.4. The lowest BCUT2D eigenvalue weighted by molar-refractivity contribution is -0.139. The van der Waals surface area contributed by atoms with Crippen molar-refractivity contribution in [3.63, 3.8) is 0 Å². The van der Waals surface area contributed by atoms with Gasteiger partial charge in [0.15, 0.2) is 0 Å². The zero-order valence-electron chi connectivity index (χ0n) is 21.1. The monoisotopic (exact) mass is 507 g/mol. The van der Waals surface area contributed by atoms with Crippen LogP contribution in [0.5, 0.6) is 0 Å². The van der Waals surface area contributed by atoms with Crippen LogP contribution >= 0.6 is 0 Å². The third kappa shape index (κ3) is 12.8. The van der Waals surface area contributed by atoms with Crippen LogP contribution in [-0.2, 0) is 20.9 Å². The first kappa shape index (κ1) is 29.5. The van der Waals surface area contributed by atoms with Gasteiger partial charge in [-0.25, -0.2) is 0 Å². The lowest BCUT2D eigenvalue weighted by Gasteiger charge is -2.29. The number of carboxylic acids is 3. The van der Waals surface area contributed by atoms with E-state index < -0.39 is 17.9 Å². The van der Waals surface area contributed by atoms with Crippen LogP contribution in [0.25, 0.3) is 0 Å². The topological polar surface area (TPSA) is 151 Å². The predicted molar refractivity (Wildman–Crippen MR) is 137 cm³/mol. The molecule has 11 nitrogen and oxygen atoms in total. The summed E-state index contributed by atoms with van der Waals surface area (Å²) in [7, 11) is 0. The molecule has 2 rings (SSSR count). The first-order chi connectivity index (χ1) is 17.2. The van der Waals surface area contributed by atoms with E-state index in [1.807, 2.05) is 39.0 Å². The number of hydrogen-bond donors (Lipinski definition) is 4. The Labute approximate surface area is 213 Å². The summed E-state index contributed by atoms with van der Waals surface area (Å²) in [6, 6.07) is 7.76. The molecule has 0 aliphatic carbocycles. The molecule has 0 atom stereocenters. The number of aliphatic carboxylic acids is 3. The number of nitrogens with two attached hydrogens (primary N) is 1. The van der Waals surface area contributed by atoms with Crippen LogP contribution in [0.1, 0.15) is 31.2 Å². The standard InChI is InChI=1S/C25H41N5O6/c26-22-7-5-21(6-8-22)17-27-9-1-11-28(18-23(31)32)13-3-15-30(20-25(35)36)16-4-14-29(12-2-10-27)19-24(33)34/h5-8H,1-4,9-20,26H2,(H,31,32)(H,33,34)(H,35,36). The number of rotatable bonds is 8. The van der Waals surface area contributed by atoms with E-state index in [0.29, 0.717) is 57.8 Å². The average molecular weight is 508 g/mol. The van der Waals surface area contributed by atoms with Crippen LogP contribution < -0.4 is 5.73 Å². The molecule has 0 spiro atoms. The van der Waals surface area contributed by atoms with Crippen molar-refractivity contribution >= 4 is 23.6 Å². The third-order valence-electron chi connectivity index (χ3n) is 6.26. The van der Waals surface area contributed by atoms with E-state index in [4.69, 9.17) is 5.73 Å². The smallest absolute Gasteiger partial charge is 0.317 e. The molecule has 1 saturated heterocycles. The van der Waals surface area contributed by atoms with Gasteiger partial charge in [0.05, 0.1) is 19.6 Å². The average Bonchev–Trinajstić information content (AvgIpc) is 2.78. The van der Waals surface area contributed by atoms with Crippen LogP contribution in [0.2, 0.25) is 0 Å². The van der Waals surface area contributed by atoms with Crippen LogP contribution in [0.15, 0.2) is 24.3 Å². The second kappa shape index (κ2) is 16.1. The molecule has 0 aromatic heterocycles. The predicted octanol–water partition coefficient (Wildman–Crippen LogP) is 0.805. The zero-order valence-corrected chi connectivity index (χ0v) is 21.1. The molecular formula is C25H41N5O6. The molecule has 202 valence electrons. The van der Waals surface area contributed by atoms with Gasteiger partial charge in [-0.05, 0) is 95.7 Å². The van der Waals surface area contributed by atoms with E-state index in [0.717, 1.165) is 38.0 Å². The Morgan fingerprint density at radius 1 is 0.583 bits per heavy atom. The molecule has 0 amide bonds. The van der Waals surface area contributed by atoms with Gasteiger partial charge in [-0.1, -0.05) is 12.1 Å². The fraction of sp³-hybridized carbons (Fsp3) is 0.640. The summed E-state index contributed by atoms with van der Waals surface area (Å²) in [5.74, 6) is -2.65. The van der Waals surface area contributed by atoms with Crippen molar-refractivity contribution < 1.29 is 29.7 Å². The van der Waals surface area contributed by atoms with E-state index in [1.54, 1.807) is 0 Å². The summed E-state index contributed by atoms with van der Waals surface area (Å²) >= 11 is 0. The molecule has 5 N–H and O–H groups in total. The molecule has 1 heterocycles. The Bertz CT molecular complexity index is 786. The Morgan fingerprint density at radius 2 is 0.889 bits per heavy atom. The quantitative estimate of drug-likeness (QED) is 0.370. The van der Waals surface area contributed by atoms with E-state index in [2.05, 4.69) is 4.90 Å². The van der Waals surface area contributed by atoms with Gasteiger partial charge in [-0.15, -0.1) is 0 Å². The number of benzene rings is 1. The summed E-state index contributed by atoms with van der Waals surface area (Å²) in [4.78, 5) is 42.1. The number of nitrogen functional groups attached to an aromatic ring is 1. The highest BCUT2D eigenvalue weighted by Gasteiger charge is 2.17. The summed E-state index contributed by atoms with van der Waals surface area (Å²) in [6.07, 6.45) is 2.91. The van der Waals surface area contributed by atoms with Crippen molar-refractivity contribution in [2.45, 2.75) is 32.2 Å². The fourth-order valence-electron chi connectivity index (χ4n) is 4.61. The third-order valence-corrected chi connectivity index (χ3v) is 6.26. The lowest BCUT2D eigenvalue weighted by atomic mass is 10.1. The molecule has 1 fully saturated rings. The zero-order chi connectivity index (χ0) is 26.3. The van der Waals surface area contributed by atoms with Crippen LogP contribution in [0.3, 0.4) is 0 Å². The number of nitrogens with zero attached hydrogens (tertiary/aromatic N) is 4. The molecule has 0 unspecified atom stereocenters. The van der Waals surface area contributed by atoms with Gasteiger partial charge >= 0.3 is 17.9 Å². The highest BCUT2D eigenvalue weighted by Crippen LogP contribution is 2.11. The Balaban J connectivity index is 2.09. The summed E-state index contributed by atoms with van der Waals surface area (Å²) in [5.41, 5.74) is 7.67. The van der Waals surface area contributed by atoms with E-state index in [-0.39, 0.29) is 19.6 Å². The molecule has 1 aliphatic heterocycles. The second-order valence-corrected chi connectivity index (χ2v) is 9.44. The first-order valence-electron chi connectivity index (χ1n) is 12.6. The van der Waals surface area contributed by atoms with Gasteiger partial charge in [0, 0.05) is 12.2 Å². The molecule has 1 aromatic rings. The number of anilines is 1. The summed E-state index contributed by atoms with van der Waals surface area (Å²) in [6.45, 7) is 5.65. The maximum atomic E-state index is 11.4. The van der Waals surface area contributed by atoms with Crippen LogP contribution in [0.4, 0.5) is 5.69 Å². The molecule has 1 aromatic carbocycles. The maximum Gasteiger partial charge on any atom is 0.317 e. The Hall–Kier alpha value is -2.73. The van der Waals surface area contributed by atoms with Gasteiger partial charge < -0.3 is 21.1 Å².